The third kappa shape index (κ3) is 5.84. The molecule has 0 saturated carbocycles. The molecule has 0 aliphatic carbocycles. The van der Waals surface area contributed by atoms with E-state index in [1.165, 1.54) is 0 Å². The second-order valence-electron chi connectivity index (χ2n) is 6.56. The van der Waals surface area contributed by atoms with E-state index >= 15 is 0 Å². The minimum absolute atomic E-state index is 0. The monoisotopic (exact) mass is 448 g/mol. The van der Waals surface area contributed by atoms with Crippen LogP contribution in [-0.4, -0.2) is 26.3 Å². The van der Waals surface area contributed by atoms with E-state index in [1.807, 2.05) is 19.1 Å². The fourth-order valence-corrected chi connectivity index (χ4v) is 2.98. The summed E-state index contributed by atoms with van der Waals surface area (Å²) >= 11 is 18.3. The number of hydrogen-bond donors (Lipinski definition) is 0. The zero-order valence-corrected chi connectivity index (χ0v) is 18.2. The summed E-state index contributed by atoms with van der Waals surface area (Å²) in [7, 11) is 0. The Morgan fingerprint density at radius 2 is 1.56 bits per heavy atom. The first-order valence-electron chi connectivity index (χ1n) is 7.94. The van der Waals surface area contributed by atoms with Crippen molar-refractivity contribution in [2.45, 2.75) is 32.7 Å². The van der Waals surface area contributed by atoms with E-state index < -0.39 is 11.4 Å². The molecule has 0 fully saturated rings. The highest BCUT2D eigenvalue weighted by molar-refractivity contribution is 6.30. The predicted octanol–water partition coefficient (Wildman–Crippen LogP) is 6.09. The predicted molar refractivity (Wildman–Crippen MR) is 113 cm³/mol. The molecule has 0 heterocycles. The zero-order chi connectivity index (χ0) is 19.5. The van der Waals surface area contributed by atoms with Crippen molar-refractivity contribution in [3.05, 3.63) is 70.2 Å². The van der Waals surface area contributed by atoms with Crippen LogP contribution in [0.3, 0.4) is 0 Å². The lowest BCUT2D eigenvalue weighted by Crippen LogP contribution is -2.48. The molecular weight excluding hydrogens is 430 g/mol. The van der Waals surface area contributed by atoms with Crippen molar-refractivity contribution in [1.29, 1.82) is 0 Å². The summed E-state index contributed by atoms with van der Waals surface area (Å²) in [6.07, 6.45) is 0.0579. The summed E-state index contributed by atoms with van der Waals surface area (Å²) in [5, 5.41) is 0.551. The smallest absolute Gasteiger partial charge is 0.284 e. The molecule has 1 amide bonds. The Morgan fingerprint density at radius 1 is 1.00 bits per heavy atom. The average Bonchev–Trinajstić information content (AvgIpc) is 2.60. The molecule has 0 radical (unpaired) electrons. The largest absolute Gasteiger partial charge is 0.294 e. The van der Waals surface area contributed by atoms with Crippen LogP contribution in [0, 0.1) is 6.92 Å². The van der Waals surface area contributed by atoms with E-state index in [1.54, 1.807) is 50.2 Å². The first-order chi connectivity index (χ1) is 12.1. The molecule has 4 nitrogen and oxygen atoms in total. The number of aryl methyl sites for hydroxylation is 1. The third-order valence-electron chi connectivity index (χ3n) is 3.96. The molecule has 0 N–H and O–H groups in total. The van der Waals surface area contributed by atoms with Crippen LogP contribution in [-0.2, 0) is 0 Å². The molecule has 2 aromatic carbocycles. The SMILES string of the molecule is Cc1ccccc1C(=O)N(Cl)N(Cl)C(C)(C)CC(=O)c1ccc(Cl)cc1.Cl. The molecule has 0 spiro atoms. The van der Waals surface area contributed by atoms with E-state index in [0.717, 1.165) is 14.6 Å². The van der Waals surface area contributed by atoms with E-state index in [0.29, 0.717) is 16.1 Å². The first-order valence-corrected chi connectivity index (χ1v) is 8.99. The van der Waals surface area contributed by atoms with Crippen LogP contribution in [0.1, 0.15) is 46.5 Å². The topological polar surface area (TPSA) is 40.6 Å². The molecule has 0 bridgehead atoms. The molecular formula is C19H20Cl4N2O2. The highest BCUT2D eigenvalue weighted by atomic mass is 35.5. The second kappa shape index (κ2) is 9.76. The van der Waals surface area contributed by atoms with E-state index in [9.17, 15) is 9.59 Å². The zero-order valence-electron chi connectivity index (χ0n) is 15.1. The van der Waals surface area contributed by atoms with Crippen molar-refractivity contribution < 1.29 is 9.59 Å². The van der Waals surface area contributed by atoms with Crippen molar-refractivity contribution in [1.82, 2.24) is 9.06 Å². The van der Waals surface area contributed by atoms with Crippen LogP contribution in [0.25, 0.3) is 0 Å². The Bertz CT molecular complexity index is 810. The Hall–Kier alpha value is -1.30. The van der Waals surface area contributed by atoms with E-state index in [2.05, 4.69) is 0 Å². The molecule has 2 aromatic rings. The maximum Gasteiger partial charge on any atom is 0.284 e. The number of halogens is 4. The summed E-state index contributed by atoms with van der Waals surface area (Å²) in [6.45, 7) is 5.27. The molecule has 0 aliphatic heterocycles. The number of ketones is 1. The molecule has 146 valence electrons. The minimum Gasteiger partial charge on any atom is -0.294 e. The number of amides is 1. The van der Waals surface area contributed by atoms with Crippen molar-refractivity contribution in [3.8, 4) is 0 Å². The maximum absolute atomic E-state index is 12.6. The summed E-state index contributed by atoms with van der Waals surface area (Å²) in [5.74, 6) is -0.600. The van der Waals surface area contributed by atoms with Gasteiger partial charge in [-0.2, -0.15) is 4.53 Å². The van der Waals surface area contributed by atoms with Gasteiger partial charge in [0, 0.05) is 46.1 Å². The number of hydrogen-bond acceptors (Lipinski definition) is 3. The molecule has 8 heteroatoms. The van der Waals surface area contributed by atoms with Crippen LogP contribution in [0.2, 0.25) is 5.02 Å². The van der Waals surface area contributed by atoms with Gasteiger partial charge in [-0.1, -0.05) is 29.8 Å². The number of Topliss-reactive ketones (excluding diaryl/α,β-unsaturated/α-hetero) is 1. The Kier molecular flexibility index (Phi) is 8.58. The summed E-state index contributed by atoms with van der Waals surface area (Å²) in [4.78, 5) is 25.1. The molecule has 2 rings (SSSR count). The number of benzene rings is 2. The van der Waals surface area contributed by atoms with Gasteiger partial charge in [0.05, 0.1) is 5.54 Å². The Balaban J connectivity index is 0.00000364. The standard InChI is InChI=1S/C19H19Cl3N2O2.ClH/c1-13-6-4-5-7-16(13)18(26)23(21)24(22)19(2,3)12-17(25)14-8-10-15(20)11-9-14;/h4-11H,12H2,1-3H3;1H. The van der Waals surface area contributed by atoms with Crippen LogP contribution < -0.4 is 0 Å². The fourth-order valence-electron chi connectivity index (χ4n) is 2.43. The maximum atomic E-state index is 12.6. The number of carbonyl (C=O) groups is 2. The average molecular weight is 450 g/mol. The van der Waals surface area contributed by atoms with Gasteiger partial charge in [0.25, 0.3) is 5.91 Å². The van der Waals surface area contributed by atoms with Gasteiger partial charge in [0.2, 0.25) is 0 Å². The molecule has 0 atom stereocenters. The number of carbonyl (C=O) groups excluding carboxylic acids is 2. The van der Waals surface area contributed by atoms with Crippen LogP contribution in [0.15, 0.2) is 48.5 Å². The van der Waals surface area contributed by atoms with Gasteiger partial charge in [-0.05, 0) is 56.7 Å². The van der Waals surface area contributed by atoms with Gasteiger partial charge in [-0.25, -0.2) is 0 Å². The minimum atomic E-state index is -0.904. The fraction of sp³-hybridized carbons (Fsp3) is 0.263. The van der Waals surface area contributed by atoms with Gasteiger partial charge in [0.15, 0.2) is 5.78 Å². The van der Waals surface area contributed by atoms with Crippen molar-refractivity contribution in [2.75, 3.05) is 0 Å². The number of rotatable bonds is 6. The lowest BCUT2D eigenvalue weighted by molar-refractivity contribution is 0.0373. The van der Waals surface area contributed by atoms with Crippen LogP contribution >= 0.6 is 47.6 Å². The van der Waals surface area contributed by atoms with E-state index in [-0.39, 0.29) is 24.6 Å². The van der Waals surface area contributed by atoms with Gasteiger partial charge in [0.1, 0.15) is 0 Å². The van der Waals surface area contributed by atoms with Gasteiger partial charge in [-0.15, -0.1) is 16.9 Å². The summed E-state index contributed by atoms with van der Waals surface area (Å²) in [6, 6.07) is 13.7. The first kappa shape index (κ1) is 23.7. The second-order valence-corrected chi connectivity index (χ2v) is 7.64. The summed E-state index contributed by atoms with van der Waals surface area (Å²) < 4.78 is 1.86. The number of nitrogens with zero attached hydrogens (tertiary/aromatic N) is 2. The van der Waals surface area contributed by atoms with Gasteiger partial charge in [-0.3, -0.25) is 9.59 Å². The highest BCUT2D eigenvalue weighted by Crippen LogP contribution is 2.28. The lowest BCUT2D eigenvalue weighted by atomic mass is 9.95. The van der Waals surface area contributed by atoms with Gasteiger partial charge >= 0.3 is 0 Å². The quantitative estimate of drug-likeness (QED) is 0.304. The van der Waals surface area contributed by atoms with Crippen LogP contribution in [0.5, 0.6) is 0 Å². The van der Waals surface area contributed by atoms with Gasteiger partial charge < -0.3 is 0 Å². The Labute approximate surface area is 180 Å². The number of hydrazine groups is 1. The third-order valence-corrected chi connectivity index (χ3v) is 5.20. The van der Waals surface area contributed by atoms with Crippen molar-refractivity contribution >= 4 is 59.3 Å². The molecule has 0 aromatic heterocycles. The molecule has 0 saturated heterocycles. The van der Waals surface area contributed by atoms with Crippen molar-refractivity contribution in [3.63, 3.8) is 0 Å². The normalized spacial score (nSPS) is 11.1. The molecule has 0 unspecified atom stereocenters. The molecule has 27 heavy (non-hydrogen) atoms. The lowest BCUT2D eigenvalue weighted by Gasteiger charge is -2.36. The Morgan fingerprint density at radius 3 is 2.11 bits per heavy atom. The highest BCUT2D eigenvalue weighted by Gasteiger charge is 2.35. The van der Waals surface area contributed by atoms with Crippen molar-refractivity contribution in [2.24, 2.45) is 0 Å². The van der Waals surface area contributed by atoms with Crippen LogP contribution in [0.4, 0.5) is 0 Å². The molecule has 0 aliphatic rings. The van der Waals surface area contributed by atoms with E-state index in [4.69, 9.17) is 35.2 Å². The summed E-state index contributed by atoms with van der Waals surface area (Å²) in [5.41, 5.74) is 0.827.